The van der Waals surface area contributed by atoms with E-state index >= 15 is 0 Å². The molecule has 0 saturated carbocycles. The highest BCUT2D eigenvalue weighted by atomic mass is 16.5. The number of hydrogen-bond acceptors (Lipinski definition) is 2. The molecule has 2 N–H and O–H groups in total. The molecule has 0 aromatic heterocycles. The van der Waals surface area contributed by atoms with Crippen LogP contribution in [0.4, 0.5) is 0 Å². The fraction of sp³-hybridized carbons (Fsp3) is 0.625. The summed E-state index contributed by atoms with van der Waals surface area (Å²) >= 11 is 0. The van der Waals surface area contributed by atoms with E-state index in [1.54, 1.807) is 0 Å². The fourth-order valence-corrected chi connectivity index (χ4v) is 3.00. The van der Waals surface area contributed by atoms with Gasteiger partial charge in [0.2, 0.25) is 0 Å². The molecule has 18 heavy (non-hydrogen) atoms. The maximum Gasteiger partial charge on any atom is 0.127 e. The Labute approximate surface area is 111 Å². The molecule has 0 fully saturated rings. The number of rotatable bonds is 6. The van der Waals surface area contributed by atoms with Gasteiger partial charge in [0.25, 0.3) is 0 Å². The number of hydrogen-bond donors (Lipinski definition) is 1. The molecule has 0 bridgehead atoms. The summed E-state index contributed by atoms with van der Waals surface area (Å²) in [4.78, 5) is 0. The van der Waals surface area contributed by atoms with Gasteiger partial charge in [0, 0.05) is 18.0 Å². The van der Waals surface area contributed by atoms with Crippen molar-refractivity contribution >= 4 is 0 Å². The number of benzene rings is 1. The Hall–Kier alpha value is -1.02. The largest absolute Gasteiger partial charge is 0.493 e. The summed E-state index contributed by atoms with van der Waals surface area (Å²) in [7, 11) is 0. The van der Waals surface area contributed by atoms with Crippen molar-refractivity contribution in [3.8, 4) is 5.75 Å². The van der Waals surface area contributed by atoms with E-state index in [4.69, 9.17) is 10.5 Å². The molecule has 0 radical (unpaired) electrons. The van der Waals surface area contributed by atoms with E-state index in [-0.39, 0.29) is 6.04 Å². The Bertz CT molecular complexity index is 383. The lowest BCUT2D eigenvalue weighted by molar-refractivity contribution is 0.331. The Morgan fingerprint density at radius 1 is 1.22 bits per heavy atom. The molecule has 0 saturated heterocycles. The zero-order chi connectivity index (χ0) is 13.0. The van der Waals surface area contributed by atoms with Crippen LogP contribution in [0.1, 0.15) is 56.7 Å². The minimum absolute atomic E-state index is 0.123. The molecule has 100 valence electrons. The van der Waals surface area contributed by atoms with Crippen molar-refractivity contribution in [1.82, 2.24) is 0 Å². The van der Waals surface area contributed by atoms with E-state index < -0.39 is 0 Å². The first kappa shape index (κ1) is 13.4. The summed E-state index contributed by atoms with van der Waals surface area (Å²) in [6.45, 7) is 5.29. The predicted molar refractivity (Wildman–Crippen MR) is 75.9 cm³/mol. The monoisotopic (exact) mass is 247 g/mol. The Morgan fingerprint density at radius 2 is 1.94 bits per heavy atom. The van der Waals surface area contributed by atoms with Crippen LogP contribution in [-0.2, 0) is 6.42 Å². The fourth-order valence-electron chi connectivity index (χ4n) is 3.00. The predicted octanol–water partition coefficient (Wildman–Crippen LogP) is 3.84. The summed E-state index contributed by atoms with van der Waals surface area (Å²) in [5.74, 6) is 1.65. The zero-order valence-electron chi connectivity index (χ0n) is 11.6. The molecular formula is C16H25NO. The number of ether oxygens (including phenoxy) is 1. The molecule has 1 aromatic carbocycles. The molecule has 0 amide bonds. The van der Waals surface area contributed by atoms with Gasteiger partial charge in [-0.3, -0.25) is 0 Å². The Morgan fingerprint density at radius 3 is 2.61 bits per heavy atom. The quantitative estimate of drug-likeness (QED) is 0.829. The maximum absolute atomic E-state index is 6.50. The normalized spacial score (nSPS) is 15.6. The van der Waals surface area contributed by atoms with Gasteiger partial charge in [-0.1, -0.05) is 44.9 Å². The van der Waals surface area contributed by atoms with Crippen LogP contribution in [0.3, 0.4) is 0 Å². The molecule has 0 aliphatic carbocycles. The second-order valence-electron chi connectivity index (χ2n) is 5.30. The molecule has 1 heterocycles. The molecule has 1 aromatic rings. The van der Waals surface area contributed by atoms with Crippen molar-refractivity contribution in [2.75, 3.05) is 6.61 Å². The standard InChI is InChI=1S/C16H25NO/c1-3-6-12(7-4-2)15(17)14-9-5-8-13-10-11-18-16(13)14/h5,8-9,12,15H,3-4,6-7,10-11,17H2,1-2H3. The molecule has 1 unspecified atom stereocenters. The highest BCUT2D eigenvalue weighted by Crippen LogP contribution is 2.37. The first-order valence-corrected chi connectivity index (χ1v) is 7.28. The minimum Gasteiger partial charge on any atom is -0.493 e. The molecule has 2 nitrogen and oxygen atoms in total. The second-order valence-corrected chi connectivity index (χ2v) is 5.30. The molecular weight excluding hydrogens is 222 g/mol. The molecule has 1 aliphatic heterocycles. The van der Waals surface area contributed by atoms with Crippen LogP contribution in [0.15, 0.2) is 18.2 Å². The van der Waals surface area contributed by atoms with Crippen LogP contribution in [0.5, 0.6) is 5.75 Å². The van der Waals surface area contributed by atoms with E-state index in [1.807, 2.05) is 0 Å². The van der Waals surface area contributed by atoms with Crippen molar-refractivity contribution in [3.05, 3.63) is 29.3 Å². The van der Waals surface area contributed by atoms with E-state index in [2.05, 4.69) is 32.0 Å². The van der Waals surface area contributed by atoms with E-state index in [9.17, 15) is 0 Å². The maximum atomic E-state index is 6.50. The minimum atomic E-state index is 0.123. The highest BCUT2D eigenvalue weighted by Gasteiger charge is 2.24. The summed E-state index contributed by atoms with van der Waals surface area (Å²) in [6, 6.07) is 6.55. The van der Waals surface area contributed by atoms with Gasteiger partial charge in [-0.15, -0.1) is 0 Å². The van der Waals surface area contributed by atoms with Gasteiger partial charge in [-0.25, -0.2) is 0 Å². The molecule has 2 rings (SSSR count). The van der Waals surface area contributed by atoms with Crippen LogP contribution in [0.25, 0.3) is 0 Å². The molecule has 0 spiro atoms. The second kappa shape index (κ2) is 6.24. The van der Waals surface area contributed by atoms with E-state index in [0.29, 0.717) is 5.92 Å². The number of para-hydroxylation sites is 1. The van der Waals surface area contributed by atoms with Crippen molar-refractivity contribution in [2.45, 2.75) is 52.0 Å². The van der Waals surface area contributed by atoms with Crippen molar-refractivity contribution in [1.29, 1.82) is 0 Å². The van der Waals surface area contributed by atoms with Crippen molar-refractivity contribution in [2.24, 2.45) is 11.7 Å². The average molecular weight is 247 g/mol. The molecule has 1 aliphatic rings. The van der Waals surface area contributed by atoms with Crippen LogP contribution in [0, 0.1) is 5.92 Å². The lowest BCUT2D eigenvalue weighted by atomic mass is 9.86. The first-order chi connectivity index (χ1) is 8.77. The van der Waals surface area contributed by atoms with Gasteiger partial charge in [-0.2, -0.15) is 0 Å². The van der Waals surface area contributed by atoms with Gasteiger partial charge in [0.05, 0.1) is 6.61 Å². The van der Waals surface area contributed by atoms with Gasteiger partial charge in [0.1, 0.15) is 5.75 Å². The number of nitrogens with two attached hydrogens (primary N) is 1. The zero-order valence-corrected chi connectivity index (χ0v) is 11.6. The number of fused-ring (bicyclic) bond motifs is 1. The van der Waals surface area contributed by atoms with Gasteiger partial charge in [-0.05, 0) is 24.3 Å². The molecule has 1 atom stereocenters. The smallest absolute Gasteiger partial charge is 0.127 e. The lowest BCUT2D eigenvalue weighted by Gasteiger charge is -2.25. The van der Waals surface area contributed by atoms with Crippen molar-refractivity contribution < 1.29 is 4.74 Å². The average Bonchev–Trinajstić information content (AvgIpc) is 2.85. The summed E-state index contributed by atoms with van der Waals surface area (Å²) in [5.41, 5.74) is 9.05. The first-order valence-electron chi connectivity index (χ1n) is 7.28. The van der Waals surface area contributed by atoms with Crippen LogP contribution in [-0.4, -0.2) is 6.61 Å². The third-order valence-electron chi connectivity index (χ3n) is 3.93. The molecule has 2 heteroatoms. The third kappa shape index (κ3) is 2.69. The highest BCUT2D eigenvalue weighted by molar-refractivity contribution is 5.45. The van der Waals surface area contributed by atoms with E-state index in [1.165, 1.54) is 36.8 Å². The Balaban J connectivity index is 2.21. The Kier molecular flexibility index (Phi) is 4.65. The van der Waals surface area contributed by atoms with E-state index in [0.717, 1.165) is 18.8 Å². The lowest BCUT2D eigenvalue weighted by Crippen LogP contribution is -2.22. The van der Waals surface area contributed by atoms with Crippen LogP contribution >= 0.6 is 0 Å². The SMILES string of the molecule is CCCC(CCC)C(N)c1cccc2c1OCC2. The van der Waals surface area contributed by atoms with Crippen molar-refractivity contribution in [3.63, 3.8) is 0 Å². The third-order valence-corrected chi connectivity index (χ3v) is 3.93. The van der Waals surface area contributed by atoms with Crippen LogP contribution < -0.4 is 10.5 Å². The summed E-state index contributed by atoms with van der Waals surface area (Å²) in [5, 5.41) is 0. The topological polar surface area (TPSA) is 35.2 Å². The van der Waals surface area contributed by atoms with Crippen LogP contribution in [0.2, 0.25) is 0 Å². The summed E-state index contributed by atoms with van der Waals surface area (Å²) in [6.07, 6.45) is 5.85. The van der Waals surface area contributed by atoms with Gasteiger partial charge in [0.15, 0.2) is 0 Å². The summed E-state index contributed by atoms with van der Waals surface area (Å²) < 4.78 is 5.78. The van der Waals surface area contributed by atoms with Gasteiger partial charge >= 0.3 is 0 Å². The van der Waals surface area contributed by atoms with Gasteiger partial charge < -0.3 is 10.5 Å².